The molecule has 0 spiro atoms. The molecule has 1 amide bonds. The van der Waals surface area contributed by atoms with E-state index < -0.39 is 5.97 Å². The molecular weight excluding hydrogens is 346 g/mol. The lowest BCUT2D eigenvalue weighted by Crippen LogP contribution is -2.39. The first-order valence-electron chi connectivity index (χ1n) is 9.52. The van der Waals surface area contributed by atoms with E-state index in [2.05, 4.69) is 31.0 Å². The standard InChI is InChI=1S/C19H27N5O3/c1-4-17-16(10-21-24(17)11-13(2)3)18(25)22-7-5-15(6-8-22)23-12-14(9-20-23)19(26)27/h9-10,12-13,15H,4-8,11H2,1-3H3,(H,26,27). The summed E-state index contributed by atoms with van der Waals surface area (Å²) in [6.07, 6.45) is 6.92. The average Bonchev–Trinajstić information content (AvgIpc) is 3.28. The van der Waals surface area contributed by atoms with Crippen molar-refractivity contribution in [3.8, 4) is 0 Å². The number of carbonyl (C=O) groups is 2. The van der Waals surface area contributed by atoms with E-state index in [9.17, 15) is 9.59 Å². The molecule has 2 aromatic heterocycles. The van der Waals surface area contributed by atoms with Gasteiger partial charge in [0.05, 0.1) is 35.3 Å². The smallest absolute Gasteiger partial charge is 0.338 e. The molecule has 0 saturated carbocycles. The molecule has 0 unspecified atom stereocenters. The van der Waals surface area contributed by atoms with Gasteiger partial charge in [-0.1, -0.05) is 20.8 Å². The van der Waals surface area contributed by atoms with Gasteiger partial charge in [-0.25, -0.2) is 4.79 Å². The SMILES string of the molecule is CCc1c(C(=O)N2CCC(n3cc(C(=O)O)cn3)CC2)cnn1CC(C)C. The maximum absolute atomic E-state index is 13.0. The summed E-state index contributed by atoms with van der Waals surface area (Å²) in [7, 11) is 0. The molecule has 27 heavy (non-hydrogen) atoms. The number of piperidine rings is 1. The lowest BCUT2D eigenvalue weighted by molar-refractivity contribution is 0.0687. The molecule has 1 fully saturated rings. The van der Waals surface area contributed by atoms with Crippen LogP contribution in [-0.2, 0) is 13.0 Å². The Labute approximate surface area is 158 Å². The van der Waals surface area contributed by atoms with Gasteiger partial charge in [-0.05, 0) is 25.2 Å². The highest BCUT2D eigenvalue weighted by atomic mass is 16.4. The zero-order valence-corrected chi connectivity index (χ0v) is 16.1. The fourth-order valence-electron chi connectivity index (χ4n) is 3.62. The molecule has 0 radical (unpaired) electrons. The Balaban J connectivity index is 1.66. The van der Waals surface area contributed by atoms with Crippen LogP contribution < -0.4 is 0 Å². The average molecular weight is 373 g/mol. The summed E-state index contributed by atoms with van der Waals surface area (Å²) in [5.74, 6) is -0.468. The van der Waals surface area contributed by atoms with Crippen molar-refractivity contribution >= 4 is 11.9 Å². The summed E-state index contributed by atoms with van der Waals surface area (Å²) in [5.41, 5.74) is 1.89. The molecule has 0 aliphatic carbocycles. The van der Waals surface area contributed by atoms with Crippen LogP contribution in [0.15, 0.2) is 18.6 Å². The summed E-state index contributed by atoms with van der Waals surface area (Å²) in [6, 6.07) is 0.122. The summed E-state index contributed by atoms with van der Waals surface area (Å²) < 4.78 is 3.66. The van der Waals surface area contributed by atoms with Gasteiger partial charge < -0.3 is 10.0 Å². The molecule has 0 aromatic carbocycles. The minimum absolute atomic E-state index is 0.0343. The molecule has 1 aliphatic heterocycles. The first kappa shape index (κ1) is 19.1. The van der Waals surface area contributed by atoms with Crippen molar-refractivity contribution in [1.82, 2.24) is 24.5 Å². The van der Waals surface area contributed by atoms with Gasteiger partial charge in [0.1, 0.15) is 0 Å². The van der Waals surface area contributed by atoms with Crippen LogP contribution in [-0.4, -0.2) is 54.5 Å². The van der Waals surface area contributed by atoms with Gasteiger partial charge in [0.15, 0.2) is 0 Å². The number of nitrogens with zero attached hydrogens (tertiary/aromatic N) is 5. The molecule has 1 aliphatic rings. The Hall–Kier alpha value is -2.64. The fourth-order valence-corrected chi connectivity index (χ4v) is 3.62. The minimum Gasteiger partial charge on any atom is -0.478 e. The van der Waals surface area contributed by atoms with Crippen LogP contribution in [0, 0.1) is 5.92 Å². The largest absolute Gasteiger partial charge is 0.478 e. The highest BCUT2D eigenvalue weighted by Gasteiger charge is 2.28. The van der Waals surface area contributed by atoms with Crippen LogP contribution in [0.5, 0.6) is 0 Å². The maximum Gasteiger partial charge on any atom is 0.338 e. The van der Waals surface area contributed by atoms with E-state index in [0.29, 0.717) is 24.6 Å². The van der Waals surface area contributed by atoms with Crippen molar-refractivity contribution in [2.75, 3.05) is 13.1 Å². The molecule has 0 bridgehead atoms. The Morgan fingerprint density at radius 1 is 1.22 bits per heavy atom. The Morgan fingerprint density at radius 2 is 1.93 bits per heavy atom. The summed E-state index contributed by atoms with van der Waals surface area (Å²) in [5, 5.41) is 17.6. The van der Waals surface area contributed by atoms with Crippen molar-refractivity contribution in [3.63, 3.8) is 0 Å². The molecule has 1 saturated heterocycles. The van der Waals surface area contributed by atoms with E-state index >= 15 is 0 Å². The van der Waals surface area contributed by atoms with Crippen molar-refractivity contribution in [2.24, 2.45) is 5.92 Å². The summed E-state index contributed by atoms with van der Waals surface area (Å²) >= 11 is 0. The minimum atomic E-state index is -0.973. The zero-order valence-electron chi connectivity index (χ0n) is 16.1. The van der Waals surface area contributed by atoms with Crippen LogP contribution in [0.1, 0.15) is 66.1 Å². The number of carbonyl (C=O) groups excluding carboxylic acids is 1. The Bertz CT molecular complexity index is 815. The van der Waals surface area contributed by atoms with Gasteiger partial charge in [0.25, 0.3) is 5.91 Å². The number of hydrogen-bond acceptors (Lipinski definition) is 4. The third kappa shape index (κ3) is 4.04. The first-order valence-corrected chi connectivity index (χ1v) is 9.52. The maximum atomic E-state index is 13.0. The summed E-state index contributed by atoms with van der Waals surface area (Å²) in [4.78, 5) is 25.9. The second-order valence-corrected chi connectivity index (χ2v) is 7.47. The Morgan fingerprint density at radius 3 is 2.48 bits per heavy atom. The molecule has 2 aromatic rings. The number of aromatic carboxylic acids is 1. The van der Waals surface area contributed by atoms with Gasteiger partial charge >= 0.3 is 5.97 Å². The van der Waals surface area contributed by atoms with E-state index in [1.54, 1.807) is 17.1 Å². The van der Waals surface area contributed by atoms with Crippen LogP contribution >= 0.6 is 0 Å². The quantitative estimate of drug-likeness (QED) is 0.840. The van der Waals surface area contributed by atoms with Gasteiger partial charge in [0, 0.05) is 25.8 Å². The van der Waals surface area contributed by atoms with Crippen LogP contribution in [0.4, 0.5) is 0 Å². The van der Waals surface area contributed by atoms with E-state index in [1.165, 1.54) is 6.20 Å². The van der Waals surface area contributed by atoms with Crippen molar-refractivity contribution in [1.29, 1.82) is 0 Å². The molecule has 146 valence electrons. The van der Waals surface area contributed by atoms with Crippen molar-refractivity contribution < 1.29 is 14.7 Å². The monoisotopic (exact) mass is 373 g/mol. The number of rotatable bonds is 6. The first-order chi connectivity index (χ1) is 12.9. The van der Waals surface area contributed by atoms with Crippen LogP contribution in [0.2, 0.25) is 0 Å². The van der Waals surface area contributed by atoms with E-state index in [1.807, 2.05) is 9.58 Å². The molecule has 3 heterocycles. The number of aromatic nitrogens is 4. The van der Waals surface area contributed by atoms with E-state index in [-0.39, 0.29) is 17.5 Å². The Kier molecular flexibility index (Phi) is 5.62. The molecule has 1 N–H and O–H groups in total. The molecule has 0 atom stereocenters. The number of amides is 1. The van der Waals surface area contributed by atoms with Crippen molar-refractivity contribution in [3.05, 3.63) is 35.4 Å². The topological polar surface area (TPSA) is 93.2 Å². The summed E-state index contributed by atoms with van der Waals surface area (Å²) in [6.45, 7) is 8.39. The second-order valence-electron chi connectivity index (χ2n) is 7.47. The molecular formula is C19H27N5O3. The molecule has 3 rings (SSSR count). The van der Waals surface area contributed by atoms with Crippen LogP contribution in [0.3, 0.4) is 0 Å². The van der Waals surface area contributed by atoms with Crippen molar-refractivity contribution in [2.45, 2.75) is 52.6 Å². The van der Waals surface area contributed by atoms with E-state index in [4.69, 9.17) is 5.11 Å². The third-order valence-electron chi connectivity index (χ3n) is 5.03. The molecule has 8 heteroatoms. The molecule has 8 nitrogen and oxygen atoms in total. The number of carboxylic acids is 1. The van der Waals surface area contributed by atoms with Gasteiger partial charge in [0.2, 0.25) is 0 Å². The predicted molar refractivity (Wildman–Crippen MR) is 99.8 cm³/mol. The highest BCUT2D eigenvalue weighted by molar-refractivity contribution is 5.95. The number of hydrogen-bond donors (Lipinski definition) is 1. The lowest BCUT2D eigenvalue weighted by atomic mass is 10.0. The lowest BCUT2D eigenvalue weighted by Gasteiger charge is -2.32. The third-order valence-corrected chi connectivity index (χ3v) is 5.03. The van der Waals surface area contributed by atoms with Crippen LogP contribution in [0.25, 0.3) is 0 Å². The predicted octanol–water partition coefficient (Wildman–Crippen LogP) is 2.47. The normalized spacial score (nSPS) is 15.5. The van der Waals surface area contributed by atoms with Gasteiger partial charge in [-0.2, -0.15) is 10.2 Å². The van der Waals surface area contributed by atoms with Gasteiger partial charge in [-0.3, -0.25) is 14.2 Å². The zero-order chi connectivity index (χ0) is 19.6. The van der Waals surface area contributed by atoms with Gasteiger partial charge in [-0.15, -0.1) is 0 Å². The number of likely N-dealkylation sites (tertiary alicyclic amines) is 1. The fraction of sp³-hybridized carbons (Fsp3) is 0.579. The highest BCUT2D eigenvalue weighted by Crippen LogP contribution is 2.24. The number of carboxylic acid groups (broad SMARTS) is 1. The van der Waals surface area contributed by atoms with E-state index in [0.717, 1.165) is 31.5 Å². The second kappa shape index (κ2) is 7.94.